The number of hydrogen-bond donors (Lipinski definition) is 1. The predicted octanol–water partition coefficient (Wildman–Crippen LogP) is 2.01. The van der Waals surface area contributed by atoms with Crippen LogP contribution >= 0.6 is 0 Å². The van der Waals surface area contributed by atoms with E-state index in [1.165, 1.54) is 0 Å². The van der Waals surface area contributed by atoms with Crippen LogP contribution in [0.1, 0.15) is 52.9 Å². The summed E-state index contributed by atoms with van der Waals surface area (Å²) < 4.78 is 5.45. The number of likely N-dealkylation sites (tertiary alicyclic amines) is 2. The lowest BCUT2D eigenvalue weighted by Gasteiger charge is -2.50. The van der Waals surface area contributed by atoms with Crippen LogP contribution in [-0.4, -0.2) is 64.3 Å². The number of ether oxygens (including phenoxy) is 1. The zero-order valence-electron chi connectivity index (χ0n) is 15.1. The van der Waals surface area contributed by atoms with Crippen molar-refractivity contribution in [3.05, 3.63) is 0 Å². The Morgan fingerprint density at radius 3 is 2.21 bits per heavy atom. The van der Waals surface area contributed by atoms with Crippen molar-refractivity contribution in [1.29, 1.82) is 0 Å². The summed E-state index contributed by atoms with van der Waals surface area (Å²) in [4.78, 5) is 28.4. The van der Waals surface area contributed by atoms with E-state index in [4.69, 9.17) is 4.74 Å². The van der Waals surface area contributed by atoms with Gasteiger partial charge in [0.1, 0.15) is 5.60 Å². The van der Waals surface area contributed by atoms with Gasteiger partial charge in [0.25, 0.3) is 0 Å². The van der Waals surface area contributed by atoms with Crippen LogP contribution in [0.2, 0.25) is 0 Å². The third-order valence-electron chi connectivity index (χ3n) is 5.69. The molecule has 1 aliphatic carbocycles. The lowest BCUT2D eigenvalue weighted by atomic mass is 9.75. The molecule has 2 amide bonds. The van der Waals surface area contributed by atoms with E-state index in [-0.39, 0.29) is 23.8 Å². The normalized spacial score (nSPS) is 31.2. The molecule has 0 bridgehead atoms. The lowest BCUT2D eigenvalue weighted by Crippen LogP contribution is -2.62. The van der Waals surface area contributed by atoms with Crippen molar-refractivity contribution in [2.24, 2.45) is 11.8 Å². The third kappa shape index (κ3) is 3.53. The van der Waals surface area contributed by atoms with Gasteiger partial charge >= 0.3 is 6.09 Å². The number of rotatable bonds is 1. The van der Waals surface area contributed by atoms with Crippen LogP contribution in [0.5, 0.6) is 0 Å². The van der Waals surface area contributed by atoms with Crippen LogP contribution in [0.3, 0.4) is 0 Å². The van der Waals surface area contributed by atoms with Crippen LogP contribution in [0.25, 0.3) is 0 Å². The first kappa shape index (κ1) is 17.5. The molecule has 2 atom stereocenters. The molecule has 2 unspecified atom stereocenters. The smallest absolute Gasteiger partial charge is 0.410 e. The highest BCUT2D eigenvalue weighted by Crippen LogP contribution is 2.37. The SMILES string of the molecule is CC(C)(C)OC(=O)N1CCC2(O)CCN(C(=O)C3CCC3)CC2C1. The number of aliphatic hydroxyl groups is 1. The average molecular weight is 338 g/mol. The highest BCUT2D eigenvalue weighted by Gasteiger charge is 2.48. The highest BCUT2D eigenvalue weighted by atomic mass is 16.6. The fraction of sp³-hybridized carbons (Fsp3) is 0.889. The summed E-state index contributed by atoms with van der Waals surface area (Å²) in [6, 6.07) is 0. The first-order valence-corrected chi connectivity index (χ1v) is 9.17. The number of amides is 2. The maximum Gasteiger partial charge on any atom is 0.410 e. The molecule has 1 saturated carbocycles. The van der Waals surface area contributed by atoms with E-state index in [2.05, 4.69) is 0 Å². The van der Waals surface area contributed by atoms with E-state index in [0.717, 1.165) is 19.3 Å². The second-order valence-electron chi connectivity index (χ2n) is 8.64. The average Bonchev–Trinajstić information content (AvgIpc) is 2.42. The van der Waals surface area contributed by atoms with Gasteiger partial charge in [0.05, 0.1) is 5.60 Å². The Morgan fingerprint density at radius 1 is 1.08 bits per heavy atom. The summed E-state index contributed by atoms with van der Waals surface area (Å²) in [6.45, 7) is 7.71. The van der Waals surface area contributed by atoms with E-state index in [1.807, 2.05) is 25.7 Å². The fourth-order valence-corrected chi connectivity index (χ4v) is 3.91. The monoisotopic (exact) mass is 338 g/mol. The summed E-state index contributed by atoms with van der Waals surface area (Å²) in [5, 5.41) is 10.9. The molecular formula is C18H30N2O4. The summed E-state index contributed by atoms with van der Waals surface area (Å²) in [7, 11) is 0. The Labute approximate surface area is 144 Å². The Hall–Kier alpha value is -1.30. The van der Waals surface area contributed by atoms with Crippen LogP contribution in [0.15, 0.2) is 0 Å². The van der Waals surface area contributed by atoms with Gasteiger partial charge in [-0.15, -0.1) is 0 Å². The Kier molecular flexibility index (Phi) is 4.53. The Bertz CT molecular complexity index is 512. The molecule has 0 spiro atoms. The maximum atomic E-state index is 12.5. The van der Waals surface area contributed by atoms with E-state index >= 15 is 0 Å². The molecule has 2 heterocycles. The second kappa shape index (κ2) is 6.21. The molecule has 0 aromatic carbocycles. The molecular weight excluding hydrogens is 308 g/mol. The minimum Gasteiger partial charge on any atom is -0.444 e. The molecule has 24 heavy (non-hydrogen) atoms. The van der Waals surface area contributed by atoms with E-state index in [0.29, 0.717) is 39.0 Å². The van der Waals surface area contributed by atoms with Gasteiger partial charge in [0, 0.05) is 38.0 Å². The Balaban J connectivity index is 1.63. The number of nitrogens with zero attached hydrogens (tertiary/aromatic N) is 2. The van der Waals surface area contributed by atoms with Gasteiger partial charge in [0.15, 0.2) is 0 Å². The van der Waals surface area contributed by atoms with E-state index in [1.54, 1.807) is 4.90 Å². The largest absolute Gasteiger partial charge is 0.444 e. The van der Waals surface area contributed by atoms with Gasteiger partial charge in [-0.05, 0) is 46.5 Å². The number of fused-ring (bicyclic) bond motifs is 1. The molecule has 6 nitrogen and oxygen atoms in total. The van der Waals surface area contributed by atoms with Crippen LogP contribution in [0.4, 0.5) is 4.79 Å². The number of carbonyl (C=O) groups is 2. The molecule has 0 radical (unpaired) electrons. The third-order valence-corrected chi connectivity index (χ3v) is 5.69. The van der Waals surface area contributed by atoms with Crippen molar-refractivity contribution in [3.8, 4) is 0 Å². The van der Waals surface area contributed by atoms with Gasteiger partial charge in [-0.1, -0.05) is 6.42 Å². The molecule has 136 valence electrons. The number of carbonyl (C=O) groups excluding carboxylic acids is 2. The molecule has 0 aromatic heterocycles. The number of hydrogen-bond acceptors (Lipinski definition) is 4. The highest BCUT2D eigenvalue weighted by molar-refractivity contribution is 5.79. The first-order valence-electron chi connectivity index (χ1n) is 9.17. The zero-order valence-corrected chi connectivity index (χ0v) is 15.1. The van der Waals surface area contributed by atoms with Crippen LogP contribution < -0.4 is 0 Å². The number of piperidine rings is 2. The molecule has 1 N–H and O–H groups in total. The minimum absolute atomic E-state index is 0.0865. The molecule has 2 saturated heterocycles. The molecule has 2 aliphatic heterocycles. The quantitative estimate of drug-likeness (QED) is 0.794. The summed E-state index contributed by atoms with van der Waals surface area (Å²) >= 11 is 0. The van der Waals surface area contributed by atoms with Gasteiger partial charge < -0.3 is 19.6 Å². The van der Waals surface area contributed by atoms with E-state index in [9.17, 15) is 14.7 Å². The fourth-order valence-electron chi connectivity index (χ4n) is 3.91. The summed E-state index contributed by atoms with van der Waals surface area (Å²) in [5.41, 5.74) is -1.28. The van der Waals surface area contributed by atoms with Crippen molar-refractivity contribution in [2.45, 2.75) is 64.1 Å². The Morgan fingerprint density at radius 2 is 1.67 bits per heavy atom. The van der Waals surface area contributed by atoms with Gasteiger partial charge in [0.2, 0.25) is 5.91 Å². The second-order valence-corrected chi connectivity index (χ2v) is 8.64. The van der Waals surface area contributed by atoms with Crippen LogP contribution in [0, 0.1) is 11.8 Å². The first-order chi connectivity index (χ1) is 11.2. The zero-order chi connectivity index (χ0) is 17.5. The maximum absolute atomic E-state index is 12.5. The minimum atomic E-state index is -0.755. The molecule has 6 heteroatoms. The predicted molar refractivity (Wildman–Crippen MR) is 89.4 cm³/mol. The van der Waals surface area contributed by atoms with Crippen molar-refractivity contribution in [1.82, 2.24) is 9.80 Å². The standard InChI is InChI=1S/C18H30N2O4/c1-17(2,3)24-16(22)20-10-8-18(23)7-9-19(11-14(18)12-20)15(21)13-5-4-6-13/h13-14,23H,4-12H2,1-3H3. The summed E-state index contributed by atoms with van der Waals surface area (Å²) in [6.07, 6.45) is 3.97. The van der Waals surface area contributed by atoms with Crippen molar-refractivity contribution < 1.29 is 19.4 Å². The summed E-state index contributed by atoms with van der Waals surface area (Å²) in [5.74, 6) is 0.330. The van der Waals surface area contributed by atoms with Crippen LogP contribution in [-0.2, 0) is 9.53 Å². The van der Waals surface area contributed by atoms with Crippen molar-refractivity contribution in [3.63, 3.8) is 0 Å². The molecule has 0 aromatic rings. The van der Waals surface area contributed by atoms with Gasteiger partial charge in [-0.2, -0.15) is 0 Å². The molecule has 3 rings (SSSR count). The van der Waals surface area contributed by atoms with Crippen molar-refractivity contribution in [2.75, 3.05) is 26.2 Å². The lowest BCUT2D eigenvalue weighted by molar-refractivity contribution is -0.152. The van der Waals surface area contributed by atoms with Crippen molar-refractivity contribution >= 4 is 12.0 Å². The van der Waals surface area contributed by atoms with Gasteiger partial charge in [-0.25, -0.2) is 4.79 Å². The molecule has 3 aliphatic rings. The topological polar surface area (TPSA) is 70.1 Å². The van der Waals surface area contributed by atoms with E-state index < -0.39 is 11.2 Å². The van der Waals surface area contributed by atoms with Gasteiger partial charge in [-0.3, -0.25) is 4.79 Å². The molecule has 3 fully saturated rings.